The Labute approximate surface area is 138 Å². The first kappa shape index (κ1) is 14.9. The summed E-state index contributed by atoms with van der Waals surface area (Å²) in [6.45, 7) is 0. The molecular weight excluding hydrogens is 319 g/mol. The molecule has 1 saturated carbocycles. The van der Waals surface area contributed by atoms with Crippen LogP contribution in [0.4, 0.5) is 5.69 Å². The lowest BCUT2D eigenvalue weighted by atomic mass is 10.1. The van der Waals surface area contributed by atoms with Gasteiger partial charge in [0.25, 0.3) is 0 Å². The maximum atomic E-state index is 12.3. The molecular formula is C17H12Cl2N2O. The first-order valence-electron chi connectivity index (χ1n) is 6.85. The van der Waals surface area contributed by atoms with Gasteiger partial charge in [-0.3, -0.25) is 4.79 Å². The molecule has 0 heterocycles. The summed E-state index contributed by atoms with van der Waals surface area (Å²) in [4.78, 5) is 12.3. The topological polar surface area (TPSA) is 52.9 Å². The van der Waals surface area contributed by atoms with E-state index in [1.54, 1.807) is 18.2 Å². The molecule has 110 valence electrons. The van der Waals surface area contributed by atoms with Crippen LogP contribution in [0.2, 0.25) is 10.0 Å². The summed E-state index contributed by atoms with van der Waals surface area (Å²) in [5.74, 6) is 0.0219. The minimum absolute atomic E-state index is 0.0591. The zero-order valence-corrected chi connectivity index (χ0v) is 13.0. The molecule has 0 aliphatic heterocycles. The smallest absolute Gasteiger partial charge is 0.228 e. The second-order valence-electron chi connectivity index (χ2n) is 5.27. The summed E-state index contributed by atoms with van der Waals surface area (Å²) >= 11 is 12.0. The van der Waals surface area contributed by atoms with Gasteiger partial charge in [0.15, 0.2) is 0 Å². The molecule has 2 atom stereocenters. The van der Waals surface area contributed by atoms with Crippen LogP contribution >= 0.6 is 23.2 Å². The third-order valence-electron chi connectivity index (χ3n) is 3.79. The van der Waals surface area contributed by atoms with Crippen molar-refractivity contribution in [2.24, 2.45) is 5.92 Å². The van der Waals surface area contributed by atoms with Crippen molar-refractivity contribution in [1.82, 2.24) is 0 Å². The van der Waals surface area contributed by atoms with Gasteiger partial charge in [0.05, 0.1) is 10.6 Å². The fraction of sp³-hybridized carbons (Fsp3) is 0.176. The molecule has 2 unspecified atom stereocenters. The van der Waals surface area contributed by atoms with E-state index in [-0.39, 0.29) is 17.7 Å². The number of halogens is 2. The van der Waals surface area contributed by atoms with Crippen molar-refractivity contribution in [2.75, 3.05) is 5.32 Å². The molecule has 0 spiro atoms. The Balaban J connectivity index is 1.70. The molecule has 3 rings (SSSR count). The van der Waals surface area contributed by atoms with Crippen molar-refractivity contribution in [3.63, 3.8) is 0 Å². The van der Waals surface area contributed by atoms with E-state index in [0.29, 0.717) is 21.3 Å². The standard InChI is InChI=1S/C17H12Cl2N2O/c18-15-6-5-11(7-10(15)9-20)21-17(22)14-8-13(14)12-3-1-2-4-16(12)19/h1-7,13-14H,8H2,(H,21,22). The van der Waals surface area contributed by atoms with Gasteiger partial charge in [-0.1, -0.05) is 41.4 Å². The lowest BCUT2D eigenvalue weighted by Crippen LogP contribution is -2.14. The highest BCUT2D eigenvalue weighted by Gasteiger charge is 2.44. The van der Waals surface area contributed by atoms with Crippen molar-refractivity contribution in [3.05, 3.63) is 63.6 Å². The number of rotatable bonds is 3. The monoisotopic (exact) mass is 330 g/mol. The van der Waals surface area contributed by atoms with Gasteiger partial charge < -0.3 is 5.32 Å². The van der Waals surface area contributed by atoms with E-state index in [0.717, 1.165) is 12.0 Å². The Kier molecular flexibility index (Phi) is 4.06. The number of benzene rings is 2. The van der Waals surface area contributed by atoms with Crippen LogP contribution in [-0.4, -0.2) is 5.91 Å². The Bertz CT molecular complexity index is 782. The summed E-state index contributed by atoms with van der Waals surface area (Å²) in [7, 11) is 0. The summed E-state index contributed by atoms with van der Waals surface area (Å²) in [5.41, 5.74) is 1.94. The molecule has 1 fully saturated rings. The van der Waals surface area contributed by atoms with Crippen LogP contribution in [0.1, 0.15) is 23.5 Å². The van der Waals surface area contributed by atoms with E-state index in [1.807, 2.05) is 30.3 Å². The lowest BCUT2D eigenvalue weighted by molar-refractivity contribution is -0.117. The fourth-order valence-electron chi connectivity index (χ4n) is 2.53. The van der Waals surface area contributed by atoms with Gasteiger partial charge >= 0.3 is 0 Å². The average molecular weight is 331 g/mol. The number of carbonyl (C=O) groups is 1. The molecule has 5 heteroatoms. The minimum atomic E-state index is -0.0823. The van der Waals surface area contributed by atoms with Crippen LogP contribution in [0, 0.1) is 17.2 Å². The predicted octanol–water partition coefficient (Wildman–Crippen LogP) is 4.61. The second kappa shape index (κ2) is 6.00. The molecule has 0 radical (unpaired) electrons. The highest BCUT2D eigenvalue weighted by Crippen LogP contribution is 2.50. The van der Waals surface area contributed by atoms with Gasteiger partial charge in [-0.2, -0.15) is 5.26 Å². The van der Waals surface area contributed by atoms with Gasteiger partial charge in [0, 0.05) is 16.6 Å². The number of nitriles is 1. The fourth-order valence-corrected chi connectivity index (χ4v) is 2.96. The maximum Gasteiger partial charge on any atom is 0.228 e. The summed E-state index contributed by atoms with van der Waals surface area (Å²) < 4.78 is 0. The number of anilines is 1. The first-order valence-corrected chi connectivity index (χ1v) is 7.60. The van der Waals surface area contributed by atoms with Crippen LogP contribution in [0.25, 0.3) is 0 Å². The second-order valence-corrected chi connectivity index (χ2v) is 6.08. The highest BCUT2D eigenvalue weighted by molar-refractivity contribution is 6.32. The minimum Gasteiger partial charge on any atom is -0.326 e. The molecule has 0 aromatic heterocycles. The van der Waals surface area contributed by atoms with Crippen molar-refractivity contribution in [1.29, 1.82) is 5.26 Å². The number of hydrogen-bond donors (Lipinski definition) is 1. The number of hydrogen-bond acceptors (Lipinski definition) is 2. The van der Waals surface area contributed by atoms with Gasteiger partial charge in [-0.15, -0.1) is 0 Å². The summed E-state index contributed by atoms with van der Waals surface area (Å²) in [5, 5.41) is 12.9. The van der Waals surface area contributed by atoms with Crippen molar-refractivity contribution in [3.8, 4) is 6.07 Å². The van der Waals surface area contributed by atoms with Gasteiger partial charge in [0.2, 0.25) is 5.91 Å². The van der Waals surface area contributed by atoms with Gasteiger partial charge in [0.1, 0.15) is 6.07 Å². The number of nitrogens with zero attached hydrogens (tertiary/aromatic N) is 1. The first-order chi connectivity index (χ1) is 10.6. The predicted molar refractivity (Wildman–Crippen MR) is 87.1 cm³/mol. The average Bonchev–Trinajstić information content (AvgIpc) is 3.30. The van der Waals surface area contributed by atoms with Crippen molar-refractivity contribution in [2.45, 2.75) is 12.3 Å². The molecule has 1 aliphatic rings. The van der Waals surface area contributed by atoms with E-state index >= 15 is 0 Å². The summed E-state index contributed by atoms with van der Waals surface area (Å²) in [6.07, 6.45) is 0.786. The number of amides is 1. The Morgan fingerprint density at radius 1 is 1.18 bits per heavy atom. The van der Waals surface area contributed by atoms with E-state index < -0.39 is 0 Å². The molecule has 2 aromatic carbocycles. The van der Waals surface area contributed by atoms with Crippen LogP contribution in [-0.2, 0) is 4.79 Å². The molecule has 0 bridgehead atoms. The van der Waals surface area contributed by atoms with E-state index in [4.69, 9.17) is 28.5 Å². The maximum absolute atomic E-state index is 12.3. The number of nitrogens with one attached hydrogen (secondary N) is 1. The van der Waals surface area contributed by atoms with Crippen molar-refractivity contribution >= 4 is 34.8 Å². The molecule has 2 aromatic rings. The quantitative estimate of drug-likeness (QED) is 0.893. The van der Waals surface area contributed by atoms with Crippen molar-refractivity contribution < 1.29 is 4.79 Å². The molecule has 1 aliphatic carbocycles. The summed E-state index contributed by atoms with van der Waals surface area (Å²) in [6, 6.07) is 14.5. The molecule has 3 nitrogen and oxygen atoms in total. The van der Waals surface area contributed by atoms with E-state index in [1.165, 1.54) is 0 Å². The zero-order valence-electron chi connectivity index (χ0n) is 11.5. The SMILES string of the molecule is N#Cc1cc(NC(=O)C2CC2c2ccccc2Cl)ccc1Cl. The molecule has 0 saturated heterocycles. The normalized spacial score (nSPS) is 19.3. The van der Waals surface area contributed by atoms with Crippen LogP contribution < -0.4 is 5.32 Å². The highest BCUT2D eigenvalue weighted by atomic mass is 35.5. The third-order valence-corrected chi connectivity index (χ3v) is 4.46. The Morgan fingerprint density at radius 3 is 2.68 bits per heavy atom. The Morgan fingerprint density at radius 2 is 1.95 bits per heavy atom. The number of carbonyl (C=O) groups excluding carboxylic acids is 1. The zero-order chi connectivity index (χ0) is 15.7. The van der Waals surface area contributed by atoms with E-state index in [2.05, 4.69) is 5.32 Å². The van der Waals surface area contributed by atoms with Gasteiger partial charge in [-0.25, -0.2) is 0 Å². The Hall–Kier alpha value is -2.02. The van der Waals surface area contributed by atoms with Crippen LogP contribution in [0.15, 0.2) is 42.5 Å². The van der Waals surface area contributed by atoms with Crippen LogP contribution in [0.5, 0.6) is 0 Å². The largest absolute Gasteiger partial charge is 0.326 e. The molecule has 1 amide bonds. The molecule has 1 N–H and O–H groups in total. The lowest BCUT2D eigenvalue weighted by Gasteiger charge is -2.07. The van der Waals surface area contributed by atoms with E-state index in [9.17, 15) is 4.79 Å². The van der Waals surface area contributed by atoms with Crippen LogP contribution in [0.3, 0.4) is 0 Å². The van der Waals surface area contributed by atoms with Gasteiger partial charge in [-0.05, 0) is 42.2 Å². The molecule has 22 heavy (non-hydrogen) atoms. The third kappa shape index (κ3) is 2.94.